The van der Waals surface area contributed by atoms with Gasteiger partial charge in [0.05, 0.1) is 10.6 Å². The summed E-state index contributed by atoms with van der Waals surface area (Å²) in [5, 5.41) is 0. The van der Waals surface area contributed by atoms with Crippen LogP contribution in [0.1, 0.15) is 24.2 Å². The van der Waals surface area contributed by atoms with Crippen molar-refractivity contribution < 1.29 is 27.4 Å². The molecule has 3 aromatic rings. The van der Waals surface area contributed by atoms with E-state index >= 15 is 0 Å². The van der Waals surface area contributed by atoms with Gasteiger partial charge in [0.1, 0.15) is 25.5 Å². The monoisotopic (exact) mass is 473 g/mol. The van der Waals surface area contributed by atoms with Gasteiger partial charge >= 0.3 is 5.97 Å². The molecule has 1 aliphatic rings. The van der Waals surface area contributed by atoms with Crippen molar-refractivity contribution in [2.75, 3.05) is 19.8 Å². The minimum Gasteiger partial charge on any atom is -0.486 e. The molecule has 11 heteroatoms. The number of aromatic nitrogens is 2. The van der Waals surface area contributed by atoms with Crippen LogP contribution in [0.3, 0.4) is 0 Å². The van der Waals surface area contributed by atoms with Crippen molar-refractivity contribution in [1.29, 1.82) is 0 Å². The number of nitrogens with zero attached hydrogens (tertiary/aromatic N) is 2. The third-order valence-electron chi connectivity index (χ3n) is 4.99. The highest BCUT2D eigenvalue weighted by Gasteiger charge is 2.19. The summed E-state index contributed by atoms with van der Waals surface area (Å²) in [6.07, 6.45) is 0.255. The van der Waals surface area contributed by atoms with Crippen molar-refractivity contribution in [3.05, 3.63) is 64.2 Å². The summed E-state index contributed by atoms with van der Waals surface area (Å²) in [5.74, 6) is 0.367. The van der Waals surface area contributed by atoms with Crippen LogP contribution < -0.4 is 19.8 Å². The fraction of sp³-hybridized carbons (Fsp3) is 0.318. The van der Waals surface area contributed by atoms with Gasteiger partial charge in [-0.25, -0.2) is 18.1 Å². The first kappa shape index (κ1) is 22.7. The standard InChI is InChI=1S/C22H23N3O7S/c1-15-4-2-5-20-24-16(12-21(26)25(15)20)14-32-22(27)6-3-9-23-33(28,29)17-7-8-18-19(13-17)31-11-10-30-18/h2,4-5,7-8,12-13,23H,3,6,9-11,14H2,1H3. The molecule has 3 heterocycles. The molecule has 0 radical (unpaired) electrons. The zero-order valence-electron chi connectivity index (χ0n) is 17.9. The molecular weight excluding hydrogens is 450 g/mol. The van der Waals surface area contributed by atoms with E-state index in [0.29, 0.717) is 36.1 Å². The third-order valence-corrected chi connectivity index (χ3v) is 6.45. The van der Waals surface area contributed by atoms with E-state index in [1.807, 2.05) is 0 Å². The van der Waals surface area contributed by atoms with Gasteiger partial charge in [0, 0.05) is 30.8 Å². The molecule has 0 aliphatic carbocycles. The lowest BCUT2D eigenvalue weighted by Gasteiger charge is -2.18. The normalized spacial score (nSPS) is 13.1. The zero-order valence-corrected chi connectivity index (χ0v) is 18.8. The molecule has 174 valence electrons. The Kier molecular flexibility index (Phi) is 6.61. The highest BCUT2D eigenvalue weighted by atomic mass is 32.2. The SMILES string of the molecule is Cc1cccc2nc(COC(=O)CCCNS(=O)(=O)c3ccc4c(c3)OCCO4)cc(=O)n12. The van der Waals surface area contributed by atoms with Crippen LogP contribution in [0, 0.1) is 6.92 Å². The van der Waals surface area contributed by atoms with Crippen molar-refractivity contribution in [2.45, 2.75) is 31.3 Å². The number of fused-ring (bicyclic) bond motifs is 2. The molecule has 0 saturated heterocycles. The molecule has 10 nitrogen and oxygen atoms in total. The predicted octanol–water partition coefficient (Wildman–Crippen LogP) is 1.58. The molecule has 1 aliphatic heterocycles. The topological polar surface area (TPSA) is 125 Å². The van der Waals surface area contributed by atoms with E-state index in [0.717, 1.165) is 5.69 Å². The lowest BCUT2D eigenvalue weighted by atomic mass is 10.3. The van der Waals surface area contributed by atoms with Crippen LogP contribution in [0.5, 0.6) is 11.5 Å². The fourth-order valence-electron chi connectivity index (χ4n) is 3.38. The first-order valence-electron chi connectivity index (χ1n) is 10.4. The van der Waals surface area contributed by atoms with E-state index < -0.39 is 16.0 Å². The molecule has 0 atom stereocenters. The van der Waals surface area contributed by atoms with Crippen LogP contribution in [0.2, 0.25) is 0 Å². The minimum absolute atomic E-state index is 0.00926. The molecule has 0 saturated carbocycles. The second-order valence-corrected chi connectivity index (χ2v) is 9.18. The third kappa shape index (κ3) is 5.32. The molecule has 2 aromatic heterocycles. The quantitative estimate of drug-likeness (QED) is 0.386. The van der Waals surface area contributed by atoms with Gasteiger partial charge in [-0.05, 0) is 37.6 Å². The maximum absolute atomic E-state index is 12.5. The van der Waals surface area contributed by atoms with Gasteiger partial charge < -0.3 is 14.2 Å². The van der Waals surface area contributed by atoms with Gasteiger partial charge in [0.15, 0.2) is 11.5 Å². The van der Waals surface area contributed by atoms with Crippen LogP contribution in [-0.4, -0.2) is 43.5 Å². The molecule has 0 amide bonds. The van der Waals surface area contributed by atoms with Crippen molar-refractivity contribution in [3.8, 4) is 11.5 Å². The van der Waals surface area contributed by atoms with Gasteiger partial charge in [0.25, 0.3) is 5.56 Å². The number of sulfonamides is 1. The number of hydrogen-bond donors (Lipinski definition) is 1. The van der Waals surface area contributed by atoms with Gasteiger partial charge in [-0.1, -0.05) is 6.07 Å². The van der Waals surface area contributed by atoms with E-state index in [2.05, 4.69) is 9.71 Å². The Bertz CT molecular complexity index is 1350. The van der Waals surface area contributed by atoms with Gasteiger partial charge in [0.2, 0.25) is 10.0 Å². The molecular formula is C22H23N3O7S. The Labute approximate surface area is 190 Å². The summed E-state index contributed by atoms with van der Waals surface area (Å²) in [6, 6.07) is 11.0. The Morgan fingerprint density at radius 3 is 2.76 bits per heavy atom. The van der Waals surface area contributed by atoms with E-state index in [4.69, 9.17) is 14.2 Å². The van der Waals surface area contributed by atoms with Crippen molar-refractivity contribution in [2.24, 2.45) is 0 Å². The number of pyridine rings is 1. The highest BCUT2D eigenvalue weighted by Crippen LogP contribution is 2.32. The summed E-state index contributed by atoms with van der Waals surface area (Å²) in [6.45, 7) is 2.50. The number of carbonyl (C=O) groups is 1. The first-order chi connectivity index (χ1) is 15.8. The van der Waals surface area contributed by atoms with Gasteiger partial charge in [-0.15, -0.1) is 0 Å². The number of carbonyl (C=O) groups excluding carboxylic acids is 1. The second kappa shape index (κ2) is 9.59. The fourth-order valence-corrected chi connectivity index (χ4v) is 4.47. The predicted molar refractivity (Wildman–Crippen MR) is 118 cm³/mol. The van der Waals surface area contributed by atoms with E-state index in [1.54, 1.807) is 31.2 Å². The Morgan fingerprint density at radius 2 is 1.94 bits per heavy atom. The van der Waals surface area contributed by atoms with Crippen LogP contribution in [0.15, 0.2) is 52.2 Å². The number of ether oxygens (including phenoxy) is 3. The average Bonchev–Trinajstić information content (AvgIpc) is 2.80. The summed E-state index contributed by atoms with van der Waals surface area (Å²) in [5.41, 5.74) is 1.32. The summed E-state index contributed by atoms with van der Waals surface area (Å²) < 4.78 is 44.9. The number of aryl methyl sites for hydroxylation is 1. The highest BCUT2D eigenvalue weighted by molar-refractivity contribution is 7.89. The summed E-state index contributed by atoms with van der Waals surface area (Å²) in [7, 11) is -3.76. The van der Waals surface area contributed by atoms with Crippen molar-refractivity contribution in [3.63, 3.8) is 0 Å². The molecule has 1 N–H and O–H groups in total. The Balaban J connectivity index is 1.26. The van der Waals surface area contributed by atoms with Crippen LogP contribution in [0.4, 0.5) is 0 Å². The maximum Gasteiger partial charge on any atom is 0.306 e. The van der Waals surface area contributed by atoms with Gasteiger partial charge in [-0.3, -0.25) is 14.0 Å². The molecule has 0 spiro atoms. The lowest BCUT2D eigenvalue weighted by Crippen LogP contribution is -2.26. The van der Waals surface area contributed by atoms with Crippen LogP contribution in [0.25, 0.3) is 5.65 Å². The number of hydrogen-bond acceptors (Lipinski definition) is 8. The lowest BCUT2D eigenvalue weighted by molar-refractivity contribution is -0.145. The first-order valence-corrected chi connectivity index (χ1v) is 11.8. The molecule has 33 heavy (non-hydrogen) atoms. The van der Waals surface area contributed by atoms with Crippen LogP contribution in [-0.2, 0) is 26.2 Å². The molecule has 0 unspecified atom stereocenters. The number of rotatable bonds is 8. The molecule has 0 bridgehead atoms. The van der Waals surface area contributed by atoms with Crippen LogP contribution >= 0.6 is 0 Å². The van der Waals surface area contributed by atoms with E-state index in [1.165, 1.54) is 22.6 Å². The average molecular weight is 474 g/mol. The van der Waals surface area contributed by atoms with Crippen molar-refractivity contribution >= 4 is 21.6 Å². The number of benzene rings is 1. The molecule has 4 rings (SSSR count). The van der Waals surface area contributed by atoms with E-state index in [9.17, 15) is 18.0 Å². The van der Waals surface area contributed by atoms with Gasteiger partial charge in [-0.2, -0.15) is 0 Å². The second-order valence-electron chi connectivity index (χ2n) is 7.41. The largest absolute Gasteiger partial charge is 0.486 e. The van der Waals surface area contributed by atoms with E-state index in [-0.39, 0.29) is 36.4 Å². The maximum atomic E-state index is 12.5. The smallest absolute Gasteiger partial charge is 0.306 e. The zero-order chi connectivity index (χ0) is 23.4. The summed E-state index contributed by atoms with van der Waals surface area (Å²) >= 11 is 0. The Hall–Kier alpha value is -3.44. The van der Waals surface area contributed by atoms with Crippen molar-refractivity contribution in [1.82, 2.24) is 14.1 Å². The summed E-state index contributed by atoms with van der Waals surface area (Å²) in [4.78, 5) is 28.7. The number of esters is 1. The number of nitrogens with one attached hydrogen (secondary N) is 1. The molecule has 1 aromatic carbocycles. The Morgan fingerprint density at radius 1 is 1.15 bits per heavy atom. The molecule has 0 fully saturated rings. The minimum atomic E-state index is -3.76.